The van der Waals surface area contributed by atoms with E-state index in [9.17, 15) is 9.59 Å². The molecular formula is C15H19BrN2O3. The summed E-state index contributed by atoms with van der Waals surface area (Å²) in [6.45, 7) is 4.31. The van der Waals surface area contributed by atoms with Crippen molar-refractivity contribution >= 4 is 27.8 Å². The molecule has 0 aromatic carbocycles. The summed E-state index contributed by atoms with van der Waals surface area (Å²) in [7, 11) is 0. The van der Waals surface area contributed by atoms with Crippen LogP contribution in [-0.2, 0) is 9.53 Å². The van der Waals surface area contributed by atoms with Crippen LogP contribution in [-0.4, -0.2) is 41.0 Å². The number of ether oxygens (including phenoxy) is 1. The number of pyridine rings is 1. The van der Waals surface area contributed by atoms with Crippen LogP contribution < -0.4 is 0 Å². The van der Waals surface area contributed by atoms with Crippen molar-refractivity contribution in [2.45, 2.75) is 32.7 Å². The second-order valence-electron chi connectivity index (χ2n) is 5.23. The minimum Gasteiger partial charge on any atom is -0.466 e. The van der Waals surface area contributed by atoms with Crippen molar-refractivity contribution in [2.75, 3.05) is 13.2 Å². The number of carbonyl (C=O) groups excluding carboxylic acids is 2. The highest BCUT2D eigenvalue weighted by molar-refractivity contribution is 9.10. The fourth-order valence-electron chi connectivity index (χ4n) is 2.13. The van der Waals surface area contributed by atoms with Crippen molar-refractivity contribution in [3.8, 4) is 0 Å². The number of amides is 1. The number of rotatable bonds is 6. The lowest BCUT2D eigenvalue weighted by molar-refractivity contribution is -0.147. The first-order chi connectivity index (χ1) is 10.0. The fourth-order valence-corrected chi connectivity index (χ4v) is 2.50. The Morgan fingerprint density at radius 2 is 2.19 bits per heavy atom. The van der Waals surface area contributed by atoms with Gasteiger partial charge < -0.3 is 9.64 Å². The third kappa shape index (κ3) is 4.27. The zero-order chi connectivity index (χ0) is 15.4. The summed E-state index contributed by atoms with van der Waals surface area (Å²) in [5.41, 5.74) is 0.535. The smallest absolute Gasteiger partial charge is 0.310 e. The monoisotopic (exact) mass is 354 g/mol. The number of esters is 1. The van der Waals surface area contributed by atoms with Gasteiger partial charge in [-0.1, -0.05) is 6.92 Å². The molecule has 1 aromatic rings. The van der Waals surface area contributed by atoms with Gasteiger partial charge in [-0.2, -0.15) is 0 Å². The first kappa shape index (κ1) is 15.9. The lowest BCUT2D eigenvalue weighted by atomic mass is 10.1. The van der Waals surface area contributed by atoms with Crippen molar-refractivity contribution in [1.29, 1.82) is 0 Å². The molecule has 0 N–H and O–H groups in total. The summed E-state index contributed by atoms with van der Waals surface area (Å²) < 4.78 is 5.78. The van der Waals surface area contributed by atoms with E-state index in [2.05, 4.69) is 20.9 Å². The minimum atomic E-state index is -0.324. The Hall–Kier alpha value is -1.43. The predicted octanol–water partition coefficient (Wildman–Crippen LogP) is 2.65. The molecule has 6 heteroatoms. The van der Waals surface area contributed by atoms with Crippen LogP contribution in [0.4, 0.5) is 0 Å². The highest BCUT2D eigenvalue weighted by Gasteiger charge is 2.35. The van der Waals surface area contributed by atoms with Crippen LogP contribution in [0.2, 0.25) is 0 Å². The maximum absolute atomic E-state index is 12.6. The lowest BCUT2D eigenvalue weighted by Gasteiger charge is -2.25. The normalized spacial score (nSPS) is 15.4. The van der Waals surface area contributed by atoms with E-state index in [1.165, 1.54) is 0 Å². The molecule has 1 atom stereocenters. The molecule has 0 saturated heterocycles. The Balaban J connectivity index is 2.08. The number of halogens is 1. The standard InChI is InChI=1S/C15H19BrN2O3/c1-3-21-15(20)10(2)9-18(13-4-5-13)14(19)11-6-12(16)8-17-7-11/h6-8,10,13H,3-5,9H2,1-2H3. The van der Waals surface area contributed by atoms with Gasteiger partial charge in [-0.25, -0.2) is 0 Å². The third-order valence-corrected chi connectivity index (χ3v) is 3.79. The van der Waals surface area contributed by atoms with Crippen molar-refractivity contribution in [3.05, 3.63) is 28.5 Å². The topological polar surface area (TPSA) is 59.5 Å². The van der Waals surface area contributed by atoms with E-state index in [0.717, 1.165) is 17.3 Å². The Morgan fingerprint density at radius 1 is 1.48 bits per heavy atom. The zero-order valence-electron chi connectivity index (χ0n) is 12.2. The maximum atomic E-state index is 12.6. The van der Waals surface area contributed by atoms with E-state index in [4.69, 9.17) is 4.74 Å². The van der Waals surface area contributed by atoms with E-state index in [1.807, 2.05) is 0 Å². The Morgan fingerprint density at radius 3 is 2.76 bits per heavy atom. The van der Waals surface area contributed by atoms with E-state index in [1.54, 1.807) is 37.2 Å². The molecule has 114 valence electrons. The Labute approximate surface area is 132 Å². The number of carbonyl (C=O) groups is 2. The Kier molecular flexibility index (Phi) is 5.33. The molecule has 1 saturated carbocycles. The molecule has 1 fully saturated rings. The van der Waals surface area contributed by atoms with Crippen molar-refractivity contribution in [2.24, 2.45) is 5.92 Å². The SMILES string of the molecule is CCOC(=O)C(C)CN(C(=O)c1cncc(Br)c1)C1CC1. The summed E-state index contributed by atoms with van der Waals surface area (Å²) >= 11 is 3.32. The van der Waals surface area contributed by atoms with Crippen LogP contribution in [0.3, 0.4) is 0 Å². The van der Waals surface area contributed by atoms with Crippen LogP contribution >= 0.6 is 15.9 Å². The van der Waals surface area contributed by atoms with Gasteiger partial charge in [0.15, 0.2) is 0 Å². The van der Waals surface area contributed by atoms with Crippen molar-refractivity contribution < 1.29 is 14.3 Å². The van der Waals surface area contributed by atoms with Crippen molar-refractivity contribution in [1.82, 2.24) is 9.88 Å². The van der Waals surface area contributed by atoms with Crippen LogP contribution in [0.25, 0.3) is 0 Å². The molecule has 21 heavy (non-hydrogen) atoms. The van der Waals surface area contributed by atoms with Crippen LogP contribution in [0, 0.1) is 5.92 Å². The van der Waals surface area contributed by atoms with Gasteiger partial charge in [0.05, 0.1) is 18.1 Å². The summed E-state index contributed by atoms with van der Waals surface area (Å²) in [6.07, 6.45) is 5.17. The van der Waals surface area contributed by atoms with Gasteiger partial charge in [-0.15, -0.1) is 0 Å². The van der Waals surface area contributed by atoms with Gasteiger partial charge in [0, 0.05) is 29.5 Å². The van der Waals surface area contributed by atoms with Gasteiger partial charge in [0.1, 0.15) is 0 Å². The van der Waals surface area contributed by atoms with Gasteiger partial charge in [0.25, 0.3) is 5.91 Å². The second kappa shape index (κ2) is 7.02. The largest absolute Gasteiger partial charge is 0.466 e. The molecule has 0 spiro atoms. The summed E-state index contributed by atoms with van der Waals surface area (Å²) in [5, 5.41) is 0. The zero-order valence-corrected chi connectivity index (χ0v) is 13.8. The average Bonchev–Trinajstić information content (AvgIpc) is 3.28. The molecule has 1 unspecified atom stereocenters. The van der Waals surface area contributed by atoms with E-state index < -0.39 is 0 Å². The molecule has 1 aliphatic carbocycles. The first-order valence-corrected chi connectivity index (χ1v) is 7.90. The average molecular weight is 355 g/mol. The maximum Gasteiger partial charge on any atom is 0.310 e. The quantitative estimate of drug-likeness (QED) is 0.736. The third-order valence-electron chi connectivity index (χ3n) is 3.36. The van der Waals surface area contributed by atoms with Crippen LogP contribution in [0.15, 0.2) is 22.9 Å². The highest BCUT2D eigenvalue weighted by Crippen LogP contribution is 2.29. The van der Waals surface area contributed by atoms with Gasteiger partial charge in [-0.05, 0) is 41.8 Å². The number of nitrogens with zero attached hydrogens (tertiary/aromatic N) is 2. The molecule has 1 amide bonds. The summed E-state index contributed by atoms with van der Waals surface area (Å²) in [6, 6.07) is 1.98. The van der Waals surface area contributed by atoms with E-state index >= 15 is 0 Å². The summed E-state index contributed by atoms with van der Waals surface area (Å²) in [4.78, 5) is 30.2. The highest BCUT2D eigenvalue weighted by atomic mass is 79.9. The number of hydrogen-bond acceptors (Lipinski definition) is 4. The molecule has 5 nitrogen and oxygen atoms in total. The summed E-state index contributed by atoms with van der Waals surface area (Å²) in [5.74, 6) is -0.666. The minimum absolute atomic E-state index is 0.0811. The van der Waals surface area contributed by atoms with Gasteiger partial charge >= 0.3 is 5.97 Å². The number of hydrogen-bond donors (Lipinski definition) is 0. The van der Waals surface area contributed by atoms with Gasteiger partial charge in [0.2, 0.25) is 0 Å². The van der Waals surface area contributed by atoms with Crippen LogP contribution in [0.1, 0.15) is 37.0 Å². The molecule has 1 aliphatic rings. The molecule has 0 radical (unpaired) electrons. The second-order valence-corrected chi connectivity index (χ2v) is 6.15. The number of aromatic nitrogens is 1. The fraction of sp³-hybridized carbons (Fsp3) is 0.533. The Bertz CT molecular complexity index is 531. The molecule has 0 bridgehead atoms. The lowest BCUT2D eigenvalue weighted by Crippen LogP contribution is -2.39. The van der Waals surface area contributed by atoms with Crippen molar-refractivity contribution in [3.63, 3.8) is 0 Å². The first-order valence-electron chi connectivity index (χ1n) is 7.11. The van der Waals surface area contributed by atoms with Crippen LogP contribution in [0.5, 0.6) is 0 Å². The molecular weight excluding hydrogens is 336 g/mol. The van der Waals surface area contributed by atoms with E-state index in [0.29, 0.717) is 18.7 Å². The molecule has 1 heterocycles. The van der Waals surface area contributed by atoms with E-state index in [-0.39, 0.29) is 23.8 Å². The molecule has 1 aromatic heterocycles. The molecule has 2 rings (SSSR count). The molecule has 0 aliphatic heterocycles. The predicted molar refractivity (Wildman–Crippen MR) is 81.8 cm³/mol. The van der Waals surface area contributed by atoms with Gasteiger partial charge in [-0.3, -0.25) is 14.6 Å².